The fourth-order valence-electron chi connectivity index (χ4n) is 3.83. The molecule has 6 heteroatoms. The summed E-state index contributed by atoms with van der Waals surface area (Å²) >= 11 is 0. The quantitative estimate of drug-likeness (QED) is 0.508. The number of amides is 2. The van der Waals surface area contributed by atoms with Crippen LogP contribution in [0, 0.1) is 6.92 Å². The van der Waals surface area contributed by atoms with Gasteiger partial charge in [-0.1, -0.05) is 72.3 Å². The monoisotopic (exact) mass is 448 g/mol. The molecule has 1 saturated carbocycles. The maximum absolute atomic E-state index is 13.0. The first kappa shape index (κ1) is 22.1. The van der Waals surface area contributed by atoms with Gasteiger partial charge in [-0.05, 0) is 48.6 Å². The minimum absolute atomic E-state index is 0.00359. The van der Waals surface area contributed by atoms with Crippen LogP contribution < -0.4 is 5.32 Å². The third-order valence-electron chi connectivity index (χ3n) is 5.48. The van der Waals surface area contributed by atoms with Gasteiger partial charge in [0.1, 0.15) is 0 Å². The minimum Gasteiger partial charge on any atom is -0.317 e. The van der Waals surface area contributed by atoms with Gasteiger partial charge in [0.15, 0.2) is 9.84 Å². The van der Waals surface area contributed by atoms with E-state index in [1.807, 2.05) is 60.4 Å². The maximum Gasteiger partial charge on any atom is 0.322 e. The molecule has 1 fully saturated rings. The number of benzene rings is 3. The molecule has 1 N–H and O–H groups in total. The Morgan fingerprint density at radius 2 is 1.53 bits per heavy atom. The summed E-state index contributed by atoms with van der Waals surface area (Å²) in [7, 11) is -3.32. The predicted octanol–water partition coefficient (Wildman–Crippen LogP) is 5.31. The van der Waals surface area contributed by atoms with Gasteiger partial charge in [-0.2, -0.15) is 0 Å². The average Bonchev–Trinajstić information content (AvgIpc) is 3.57. The zero-order valence-corrected chi connectivity index (χ0v) is 19.0. The lowest BCUT2D eigenvalue weighted by atomic mass is 10.1. The number of urea groups is 1. The summed E-state index contributed by atoms with van der Waals surface area (Å²) in [5, 5.41) is 2.97. The van der Waals surface area contributed by atoms with Gasteiger partial charge in [-0.15, -0.1) is 0 Å². The second-order valence-electron chi connectivity index (χ2n) is 8.50. The number of nitrogens with one attached hydrogen (secondary N) is 1. The van der Waals surface area contributed by atoms with E-state index in [0.29, 0.717) is 17.8 Å². The molecule has 0 atom stereocenters. The molecule has 5 nitrogen and oxygen atoms in total. The summed E-state index contributed by atoms with van der Waals surface area (Å²) in [6.07, 6.45) is 2.02. The van der Waals surface area contributed by atoms with E-state index in [4.69, 9.17) is 0 Å². The Kier molecular flexibility index (Phi) is 6.61. The fraction of sp³-hybridized carbons (Fsp3) is 0.269. The largest absolute Gasteiger partial charge is 0.322 e. The summed E-state index contributed by atoms with van der Waals surface area (Å²) in [6, 6.07) is 24.6. The van der Waals surface area contributed by atoms with Crippen molar-refractivity contribution in [1.29, 1.82) is 0 Å². The molecule has 0 aromatic heterocycles. The van der Waals surface area contributed by atoms with Gasteiger partial charge in [0.25, 0.3) is 0 Å². The molecule has 0 heterocycles. The highest BCUT2D eigenvalue weighted by Crippen LogP contribution is 2.29. The number of sulfone groups is 1. The molecular weight excluding hydrogens is 420 g/mol. The van der Waals surface area contributed by atoms with Crippen LogP contribution in [0.25, 0.3) is 0 Å². The third kappa shape index (κ3) is 6.20. The molecule has 166 valence electrons. The Morgan fingerprint density at radius 3 is 2.25 bits per heavy atom. The Morgan fingerprint density at radius 1 is 0.875 bits per heavy atom. The first-order valence-corrected chi connectivity index (χ1v) is 12.7. The molecular formula is C26H28N2O3S. The molecule has 3 aromatic carbocycles. The van der Waals surface area contributed by atoms with Gasteiger partial charge >= 0.3 is 6.03 Å². The van der Waals surface area contributed by atoms with Crippen LogP contribution in [-0.4, -0.2) is 25.4 Å². The zero-order valence-electron chi connectivity index (χ0n) is 18.2. The lowest BCUT2D eigenvalue weighted by Gasteiger charge is -2.23. The van der Waals surface area contributed by atoms with E-state index < -0.39 is 9.84 Å². The van der Waals surface area contributed by atoms with Crippen LogP contribution in [0.15, 0.2) is 78.9 Å². The summed E-state index contributed by atoms with van der Waals surface area (Å²) in [6.45, 7) is 2.60. The summed E-state index contributed by atoms with van der Waals surface area (Å²) < 4.78 is 25.3. The van der Waals surface area contributed by atoms with Crippen LogP contribution in [0.3, 0.4) is 0 Å². The molecule has 2 amide bonds. The van der Waals surface area contributed by atoms with E-state index in [1.54, 1.807) is 24.3 Å². The van der Waals surface area contributed by atoms with Crippen molar-refractivity contribution in [1.82, 2.24) is 4.90 Å². The lowest BCUT2D eigenvalue weighted by molar-refractivity contribution is 0.206. The smallest absolute Gasteiger partial charge is 0.317 e. The molecule has 0 spiro atoms. The number of nitrogens with zero attached hydrogens (tertiary/aromatic N) is 1. The van der Waals surface area contributed by atoms with Crippen molar-refractivity contribution < 1.29 is 13.2 Å². The summed E-state index contributed by atoms with van der Waals surface area (Å²) in [5.41, 5.74) is 4.32. The van der Waals surface area contributed by atoms with Crippen molar-refractivity contribution in [2.75, 3.05) is 5.32 Å². The normalized spacial score (nSPS) is 13.5. The second-order valence-corrected chi connectivity index (χ2v) is 10.6. The molecule has 1 aliphatic rings. The Hall–Kier alpha value is -3.12. The summed E-state index contributed by atoms with van der Waals surface area (Å²) in [4.78, 5) is 14.9. The van der Waals surface area contributed by atoms with E-state index >= 15 is 0 Å². The number of hydrogen-bond donors (Lipinski definition) is 1. The highest BCUT2D eigenvalue weighted by atomic mass is 32.2. The minimum atomic E-state index is -3.32. The van der Waals surface area contributed by atoms with E-state index in [9.17, 15) is 13.2 Å². The van der Waals surface area contributed by atoms with Gasteiger partial charge in [-0.25, -0.2) is 13.2 Å². The van der Waals surface area contributed by atoms with E-state index in [0.717, 1.165) is 24.0 Å². The standard InChI is InChI=1S/C26H28N2O3S/c1-20-7-5-10-22(15-20)17-28(25-13-14-25)26(29)27-24-12-6-11-23(16-24)19-32(30,31)18-21-8-3-2-4-9-21/h2-12,15-16,25H,13-14,17-19H2,1H3,(H,27,29). The number of carbonyl (C=O) groups excluding carboxylic acids is 1. The van der Waals surface area contributed by atoms with Crippen LogP contribution in [0.4, 0.5) is 10.5 Å². The van der Waals surface area contributed by atoms with Crippen LogP contribution in [0.2, 0.25) is 0 Å². The first-order chi connectivity index (χ1) is 15.4. The number of hydrogen-bond acceptors (Lipinski definition) is 3. The van der Waals surface area contributed by atoms with Crippen molar-refractivity contribution in [3.8, 4) is 0 Å². The van der Waals surface area contributed by atoms with Crippen LogP contribution in [0.1, 0.15) is 35.1 Å². The third-order valence-corrected chi connectivity index (χ3v) is 7.02. The first-order valence-electron chi connectivity index (χ1n) is 10.8. The van der Waals surface area contributed by atoms with Crippen LogP contribution in [0.5, 0.6) is 0 Å². The van der Waals surface area contributed by atoms with Crippen molar-refractivity contribution in [3.63, 3.8) is 0 Å². The Balaban J connectivity index is 1.42. The van der Waals surface area contributed by atoms with Gasteiger partial charge in [-0.3, -0.25) is 0 Å². The van der Waals surface area contributed by atoms with Crippen LogP contribution >= 0.6 is 0 Å². The number of aryl methyl sites for hydroxylation is 1. The zero-order chi connectivity index (χ0) is 22.6. The molecule has 0 radical (unpaired) electrons. The van der Waals surface area contributed by atoms with Gasteiger partial charge in [0, 0.05) is 18.3 Å². The molecule has 3 aromatic rings. The average molecular weight is 449 g/mol. The topological polar surface area (TPSA) is 66.5 Å². The highest BCUT2D eigenvalue weighted by Gasteiger charge is 2.32. The maximum atomic E-state index is 13.0. The van der Waals surface area contributed by atoms with Crippen molar-refractivity contribution >= 4 is 21.6 Å². The SMILES string of the molecule is Cc1cccc(CN(C(=O)Nc2cccc(CS(=O)(=O)Cc3ccccc3)c2)C2CC2)c1. The van der Waals surface area contributed by atoms with Crippen molar-refractivity contribution in [2.45, 2.75) is 43.9 Å². The highest BCUT2D eigenvalue weighted by molar-refractivity contribution is 7.89. The molecule has 32 heavy (non-hydrogen) atoms. The molecule has 0 saturated heterocycles. The molecule has 0 unspecified atom stereocenters. The molecule has 1 aliphatic carbocycles. The number of carbonyl (C=O) groups is 1. The molecule has 0 bridgehead atoms. The van der Waals surface area contributed by atoms with Crippen molar-refractivity contribution in [3.05, 3.63) is 101 Å². The van der Waals surface area contributed by atoms with E-state index in [1.165, 1.54) is 5.56 Å². The van der Waals surface area contributed by atoms with Gasteiger partial charge < -0.3 is 10.2 Å². The van der Waals surface area contributed by atoms with Crippen LogP contribution in [-0.2, 0) is 27.9 Å². The number of rotatable bonds is 8. The fourth-order valence-corrected chi connectivity index (χ4v) is 5.32. The van der Waals surface area contributed by atoms with Gasteiger partial charge in [0.2, 0.25) is 0 Å². The lowest BCUT2D eigenvalue weighted by Crippen LogP contribution is -2.36. The molecule has 4 rings (SSSR count). The number of anilines is 1. The predicted molar refractivity (Wildman–Crippen MR) is 128 cm³/mol. The van der Waals surface area contributed by atoms with Crippen molar-refractivity contribution in [2.24, 2.45) is 0 Å². The van der Waals surface area contributed by atoms with E-state index in [-0.39, 0.29) is 23.6 Å². The van der Waals surface area contributed by atoms with E-state index in [2.05, 4.69) is 11.4 Å². The summed E-state index contributed by atoms with van der Waals surface area (Å²) in [5.74, 6) is -0.0718. The Bertz CT molecular complexity index is 1190. The van der Waals surface area contributed by atoms with Gasteiger partial charge in [0.05, 0.1) is 11.5 Å². The second kappa shape index (κ2) is 9.57. The molecule has 0 aliphatic heterocycles. The Labute approximate surface area is 190 Å².